The molecule has 1 nitrogen and oxygen atoms in total. The Morgan fingerprint density at radius 1 is 1.18 bits per heavy atom. The molecule has 0 heterocycles. The minimum absolute atomic E-state index is 0.607. The third kappa shape index (κ3) is 1.13. The summed E-state index contributed by atoms with van der Waals surface area (Å²) in [5.41, 5.74) is 2.16. The van der Waals surface area contributed by atoms with Crippen LogP contribution in [0.25, 0.3) is 0 Å². The topological polar surface area (TPSA) is 23.9 Å². The average Bonchev–Trinajstić information content (AvgIpc) is 2.66. The Balaban J connectivity index is 2.04. The standard InChI is InChI=1S/C10H15N/c11-7-4-9-8-10(9)5-2-1-3-6-10/h4,7,11H,1-3,5-6,8H2/b9-4+,11-7?. The third-order valence-corrected chi connectivity index (χ3v) is 3.18. The molecule has 0 unspecified atom stereocenters. The second kappa shape index (κ2) is 2.47. The van der Waals surface area contributed by atoms with Crippen molar-refractivity contribution >= 4 is 6.21 Å². The minimum Gasteiger partial charge on any atom is -0.309 e. The van der Waals surface area contributed by atoms with Gasteiger partial charge in [0, 0.05) is 6.21 Å². The number of hydrogen-bond acceptors (Lipinski definition) is 1. The Kier molecular flexibility index (Phi) is 1.59. The number of hydrogen-bond donors (Lipinski definition) is 1. The van der Waals surface area contributed by atoms with E-state index in [-0.39, 0.29) is 0 Å². The van der Waals surface area contributed by atoms with Gasteiger partial charge in [0.2, 0.25) is 0 Å². The highest BCUT2D eigenvalue weighted by Crippen LogP contribution is 2.60. The molecule has 0 aromatic heterocycles. The summed E-state index contributed by atoms with van der Waals surface area (Å²) in [4.78, 5) is 0. The third-order valence-electron chi connectivity index (χ3n) is 3.18. The van der Waals surface area contributed by atoms with Gasteiger partial charge in [-0.25, -0.2) is 0 Å². The monoisotopic (exact) mass is 149 g/mol. The molecule has 0 aromatic rings. The summed E-state index contributed by atoms with van der Waals surface area (Å²) in [6.45, 7) is 0. The smallest absolute Gasteiger partial charge is 0.0177 e. The summed E-state index contributed by atoms with van der Waals surface area (Å²) < 4.78 is 0. The van der Waals surface area contributed by atoms with Crippen LogP contribution >= 0.6 is 0 Å². The summed E-state index contributed by atoms with van der Waals surface area (Å²) >= 11 is 0. The van der Waals surface area contributed by atoms with Crippen molar-refractivity contribution in [3.05, 3.63) is 11.6 Å². The predicted octanol–water partition coefficient (Wildman–Crippen LogP) is 2.92. The van der Waals surface area contributed by atoms with Gasteiger partial charge in [-0.15, -0.1) is 0 Å². The van der Waals surface area contributed by atoms with Crippen molar-refractivity contribution < 1.29 is 0 Å². The number of nitrogens with one attached hydrogen (secondary N) is 1. The van der Waals surface area contributed by atoms with Gasteiger partial charge in [-0.3, -0.25) is 0 Å². The molecule has 2 saturated carbocycles. The van der Waals surface area contributed by atoms with Gasteiger partial charge in [-0.2, -0.15) is 0 Å². The largest absolute Gasteiger partial charge is 0.309 e. The molecule has 0 atom stereocenters. The van der Waals surface area contributed by atoms with Crippen molar-refractivity contribution in [2.24, 2.45) is 5.41 Å². The normalized spacial score (nSPS) is 30.7. The van der Waals surface area contributed by atoms with Crippen LogP contribution in [0.4, 0.5) is 0 Å². The van der Waals surface area contributed by atoms with E-state index < -0.39 is 0 Å². The van der Waals surface area contributed by atoms with E-state index in [1.807, 2.05) is 6.08 Å². The molecule has 0 aliphatic heterocycles. The summed E-state index contributed by atoms with van der Waals surface area (Å²) in [6.07, 6.45) is 11.8. The Labute approximate surface area is 68.0 Å². The van der Waals surface area contributed by atoms with Crippen molar-refractivity contribution in [3.8, 4) is 0 Å². The first-order chi connectivity index (χ1) is 5.37. The fourth-order valence-corrected chi connectivity index (χ4v) is 2.38. The van der Waals surface area contributed by atoms with Crippen LogP contribution < -0.4 is 0 Å². The molecule has 2 aliphatic rings. The van der Waals surface area contributed by atoms with E-state index in [1.165, 1.54) is 44.7 Å². The van der Waals surface area contributed by atoms with E-state index >= 15 is 0 Å². The van der Waals surface area contributed by atoms with Crippen LogP contribution in [0, 0.1) is 10.8 Å². The van der Waals surface area contributed by atoms with E-state index in [9.17, 15) is 0 Å². The van der Waals surface area contributed by atoms with Gasteiger partial charge in [0.05, 0.1) is 0 Å². The van der Waals surface area contributed by atoms with Crippen LogP contribution in [0.3, 0.4) is 0 Å². The SMILES string of the molecule is N=C/C=C1\CC12CCCCC2. The van der Waals surface area contributed by atoms with Crippen molar-refractivity contribution in [1.82, 2.24) is 0 Å². The van der Waals surface area contributed by atoms with Gasteiger partial charge in [0.15, 0.2) is 0 Å². The van der Waals surface area contributed by atoms with Crippen LogP contribution in [-0.4, -0.2) is 6.21 Å². The summed E-state index contributed by atoms with van der Waals surface area (Å²) in [7, 11) is 0. The minimum atomic E-state index is 0.607. The molecule has 2 fully saturated rings. The molecule has 0 bridgehead atoms. The van der Waals surface area contributed by atoms with E-state index in [2.05, 4.69) is 0 Å². The highest BCUT2D eigenvalue weighted by molar-refractivity contribution is 5.71. The van der Waals surface area contributed by atoms with E-state index in [0.717, 1.165) is 0 Å². The van der Waals surface area contributed by atoms with Crippen LogP contribution in [-0.2, 0) is 0 Å². The lowest BCUT2D eigenvalue weighted by Gasteiger charge is -2.19. The predicted molar refractivity (Wildman–Crippen MR) is 47.0 cm³/mol. The van der Waals surface area contributed by atoms with E-state index in [0.29, 0.717) is 5.41 Å². The van der Waals surface area contributed by atoms with Crippen molar-refractivity contribution in [1.29, 1.82) is 5.41 Å². The van der Waals surface area contributed by atoms with Gasteiger partial charge < -0.3 is 5.41 Å². The zero-order chi connectivity index (χ0) is 7.73. The lowest BCUT2D eigenvalue weighted by atomic mass is 9.85. The van der Waals surface area contributed by atoms with Gasteiger partial charge in [-0.1, -0.05) is 24.8 Å². The fourth-order valence-electron chi connectivity index (χ4n) is 2.38. The maximum atomic E-state index is 6.97. The molecule has 0 amide bonds. The van der Waals surface area contributed by atoms with Gasteiger partial charge in [-0.05, 0) is 30.8 Å². The Morgan fingerprint density at radius 2 is 1.91 bits per heavy atom. The molecular weight excluding hydrogens is 134 g/mol. The lowest BCUT2D eigenvalue weighted by Crippen LogP contribution is -2.06. The molecule has 2 rings (SSSR count). The average molecular weight is 149 g/mol. The molecule has 1 spiro atoms. The lowest BCUT2D eigenvalue weighted by molar-refractivity contribution is 0.354. The molecule has 60 valence electrons. The van der Waals surface area contributed by atoms with Crippen LogP contribution in [0.15, 0.2) is 11.6 Å². The van der Waals surface area contributed by atoms with E-state index in [1.54, 1.807) is 5.57 Å². The summed E-state index contributed by atoms with van der Waals surface area (Å²) in [5.74, 6) is 0. The molecule has 0 radical (unpaired) electrons. The zero-order valence-corrected chi connectivity index (χ0v) is 6.90. The van der Waals surface area contributed by atoms with Gasteiger partial charge in [0.1, 0.15) is 0 Å². The van der Waals surface area contributed by atoms with Crippen molar-refractivity contribution in [2.75, 3.05) is 0 Å². The van der Waals surface area contributed by atoms with Crippen LogP contribution in [0.5, 0.6) is 0 Å². The zero-order valence-electron chi connectivity index (χ0n) is 6.90. The van der Waals surface area contributed by atoms with E-state index in [4.69, 9.17) is 5.41 Å². The first-order valence-electron chi connectivity index (χ1n) is 4.57. The first kappa shape index (κ1) is 7.08. The number of allylic oxidation sites excluding steroid dienone is 2. The molecule has 2 aliphatic carbocycles. The fraction of sp³-hybridized carbons (Fsp3) is 0.700. The van der Waals surface area contributed by atoms with Gasteiger partial charge in [0.25, 0.3) is 0 Å². The molecule has 1 N–H and O–H groups in total. The molecule has 0 aromatic carbocycles. The second-order valence-corrected chi connectivity index (χ2v) is 3.88. The van der Waals surface area contributed by atoms with Gasteiger partial charge >= 0.3 is 0 Å². The summed E-state index contributed by atoms with van der Waals surface area (Å²) in [5, 5.41) is 6.97. The van der Waals surface area contributed by atoms with Crippen molar-refractivity contribution in [2.45, 2.75) is 38.5 Å². The highest BCUT2D eigenvalue weighted by atomic mass is 14.5. The van der Waals surface area contributed by atoms with Crippen molar-refractivity contribution in [3.63, 3.8) is 0 Å². The quantitative estimate of drug-likeness (QED) is 0.554. The maximum absolute atomic E-state index is 6.97. The summed E-state index contributed by atoms with van der Waals surface area (Å²) in [6, 6.07) is 0. The molecule has 0 saturated heterocycles. The first-order valence-corrected chi connectivity index (χ1v) is 4.57. The van der Waals surface area contributed by atoms with Crippen LogP contribution in [0.1, 0.15) is 38.5 Å². The molecule has 11 heavy (non-hydrogen) atoms. The second-order valence-electron chi connectivity index (χ2n) is 3.88. The Morgan fingerprint density at radius 3 is 2.55 bits per heavy atom. The number of rotatable bonds is 1. The molecule has 1 heteroatoms. The molecular formula is C10H15N. The van der Waals surface area contributed by atoms with Crippen LogP contribution in [0.2, 0.25) is 0 Å². The Bertz CT molecular complexity index is 197. The Hall–Kier alpha value is -0.590. The highest BCUT2D eigenvalue weighted by Gasteiger charge is 2.47. The maximum Gasteiger partial charge on any atom is 0.0177 e.